The van der Waals surface area contributed by atoms with Crippen molar-refractivity contribution in [2.75, 3.05) is 0 Å². The maximum atomic E-state index is 6.61. The first-order valence-electron chi connectivity index (χ1n) is 19.2. The third-order valence-corrected chi connectivity index (χ3v) is 29.9. The zero-order valence-corrected chi connectivity index (χ0v) is 39.3. The molecule has 0 radical (unpaired) electrons. The number of allylic oxidation sites excluding steroid dienone is 2. The molecule has 2 aliphatic carbocycles. The SMILES string of the molecule is Cc1ccc(C2=Cc3c(cc(C)c(C)c3-c3ccccc3CN)[CH]2[Zr]([CH3])([CH3])(=[SiH2])[CH]2C(c3ccc(C)o3)=Cc3c2cc(C)c(C)c3-c2ccccc2CN)o1.Cl.Cl. The summed E-state index contributed by atoms with van der Waals surface area (Å²) in [5.41, 5.74) is 33.4. The van der Waals surface area contributed by atoms with Gasteiger partial charge in [0.15, 0.2) is 0 Å². The van der Waals surface area contributed by atoms with Crippen LogP contribution < -0.4 is 11.5 Å². The Kier molecular flexibility index (Phi) is 11.6. The molecular formula is C48H54Cl2N2O2SiZr. The number of hydrogen-bond donors (Lipinski definition) is 2. The Balaban J connectivity index is 0.00000266. The van der Waals surface area contributed by atoms with Gasteiger partial charge in [0.2, 0.25) is 0 Å². The van der Waals surface area contributed by atoms with Crippen LogP contribution in [0.15, 0.2) is 93.8 Å². The largest absolute Gasteiger partial charge is 0.147 e. The molecule has 2 atom stereocenters. The first kappa shape index (κ1) is 42.1. The molecule has 56 heavy (non-hydrogen) atoms. The van der Waals surface area contributed by atoms with E-state index in [9.17, 15) is 0 Å². The molecule has 8 rings (SSSR count). The number of aryl methyl sites for hydroxylation is 4. The summed E-state index contributed by atoms with van der Waals surface area (Å²) in [4.78, 5) is 0. The molecule has 0 saturated heterocycles. The van der Waals surface area contributed by atoms with Gasteiger partial charge in [-0.05, 0) is 0 Å². The molecular weight excluding hydrogens is 827 g/mol. The van der Waals surface area contributed by atoms with Crippen molar-refractivity contribution >= 4 is 55.0 Å². The Morgan fingerprint density at radius 1 is 0.571 bits per heavy atom. The fourth-order valence-electron chi connectivity index (χ4n) is 9.92. The fourth-order valence-corrected chi connectivity index (χ4v) is 28.3. The van der Waals surface area contributed by atoms with E-state index >= 15 is 0 Å². The second kappa shape index (κ2) is 15.4. The van der Waals surface area contributed by atoms with Crippen LogP contribution in [-0.4, -0.2) is 6.88 Å². The standard InChI is InChI=1S/2C23H22NO.2CH3.2ClH.H2Si.Zr/c2*1-14-10-18-11-19(22-9-8-15(2)25-22)12-21(18)23(16(14)3)20-7-5-4-6-17(20)13-24;;;;;;/h2*4-12H,13,24H2,1-3H3;2*1H3;2*1H;1H2;. The van der Waals surface area contributed by atoms with E-state index in [1.807, 2.05) is 0 Å². The molecule has 8 heteroatoms. The van der Waals surface area contributed by atoms with Crippen molar-refractivity contribution < 1.29 is 26.2 Å². The van der Waals surface area contributed by atoms with Gasteiger partial charge in [-0.25, -0.2) is 0 Å². The summed E-state index contributed by atoms with van der Waals surface area (Å²) >= 11 is -4.29. The van der Waals surface area contributed by atoms with Crippen molar-refractivity contribution in [3.63, 3.8) is 0 Å². The molecule has 2 heterocycles. The Bertz CT molecular complexity index is 2480. The molecule has 0 bridgehead atoms. The zero-order chi connectivity index (χ0) is 38.3. The number of nitrogens with two attached hydrogens (primary N) is 2. The first-order chi connectivity index (χ1) is 25.7. The van der Waals surface area contributed by atoms with E-state index in [0.29, 0.717) is 13.1 Å². The number of halogens is 2. The molecule has 290 valence electrons. The number of rotatable bonds is 8. The summed E-state index contributed by atoms with van der Waals surface area (Å²) in [5, 5.41) is 0. The Labute approximate surface area is 347 Å². The molecule has 0 aliphatic heterocycles. The summed E-state index contributed by atoms with van der Waals surface area (Å²) in [5.74, 6) is 3.78. The molecule has 0 fully saturated rings. The summed E-state index contributed by atoms with van der Waals surface area (Å²) in [6.07, 6.45) is 4.95. The normalized spacial score (nSPS) is 16.1. The van der Waals surface area contributed by atoms with Crippen LogP contribution >= 0.6 is 24.8 Å². The van der Waals surface area contributed by atoms with E-state index in [-0.39, 0.29) is 32.1 Å². The maximum Gasteiger partial charge on any atom is -0.147 e. The van der Waals surface area contributed by atoms with Crippen LogP contribution in [0.25, 0.3) is 45.6 Å². The van der Waals surface area contributed by atoms with Gasteiger partial charge in [-0.1, -0.05) is 0 Å². The topological polar surface area (TPSA) is 78.3 Å². The summed E-state index contributed by atoms with van der Waals surface area (Å²) in [7, 11) is 0. The van der Waals surface area contributed by atoms with E-state index in [1.165, 1.54) is 77.9 Å². The number of furan rings is 2. The second-order valence-corrected chi connectivity index (χ2v) is 47.4. The monoisotopic (exact) mass is 878 g/mol. The van der Waals surface area contributed by atoms with Gasteiger partial charge in [-0.15, -0.1) is 24.8 Å². The molecule has 2 unspecified atom stereocenters. The molecule has 0 spiro atoms. The minimum absolute atomic E-state index is 0. The van der Waals surface area contributed by atoms with Crippen molar-refractivity contribution in [2.45, 2.75) is 71.1 Å². The van der Waals surface area contributed by atoms with Gasteiger partial charge in [-0.3, -0.25) is 0 Å². The molecule has 2 aromatic heterocycles. The Hall–Kier alpha value is -3.48. The smallest absolute Gasteiger partial charge is 0.147 e. The summed E-state index contributed by atoms with van der Waals surface area (Å²) in [6, 6.07) is 30.9. The summed E-state index contributed by atoms with van der Waals surface area (Å²) in [6.45, 7) is 16.5. The molecule has 4 nitrogen and oxygen atoms in total. The van der Waals surface area contributed by atoms with Crippen molar-refractivity contribution in [3.8, 4) is 22.3 Å². The molecule has 0 saturated carbocycles. The van der Waals surface area contributed by atoms with Crippen molar-refractivity contribution in [1.82, 2.24) is 0 Å². The molecule has 4 N–H and O–H groups in total. The van der Waals surface area contributed by atoms with E-state index < -0.39 is 17.4 Å². The third kappa shape index (κ3) is 6.65. The number of benzene rings is 4. The van der Waals surface area contributed by atoms with Gasteiger partial charge >= 0.3 is 325 Å². The van der Waals surface area contributed by atoms with Crippen molar-refractivity contribution in [1.29, 1.82) is 0 Å². The Morgan fingerprint density at radius 2 is 0.946 bits per heavy atom. The van der Waals surface area contributed by atoms with Gasteiger partial charge in [0, 0.05) is 0 Å². The first-order valence-corrected chi connectivity index (χ1v) is 32.9. The minimum atomic E-state index is -4.29. The predicted molar refractivity (Wildman–Crippen MR) is 241 cm³/mol. The van der Waals surface area contributed by atoms with Gasteiger partial charge in [-0.2, -0.15) is 0 Å². The van der Waals surface area contributed by atoms with Gasteiger partial charge in [0.05, 0.1) is 0 Å². The van der Waals surface area contributed by atoms with Gasteiger partial charge in [0.25, 0.3) is 0 Å². The molecule has 0 amide bonds. The van der Waals surface area contributed by atoms with Crippen LogP contribution in [-0.2, 0) is 30.5 Å². The van der Waals surface area contributed by atoms with E-state index in [4.69, 9.17) is 20.3 Å². The van der Waals surface area contributed by atoms with Gasteiger partial charge in [0.1, 0.15) is 0 Å². The second-order valence-electron chi connectivity index (χ2n) is 16.9. The van der Waals surface area contributed by atoms with Gasteiger partial charge < -0.3 is 0 Å². The number of hydrogen-bond acceptors (Lipinski definition) is 4. The van der Waals surface area contributed by atoms with Crippen molar-refractivity contribution in [3.05, 3.63) is 164 Å². The molecule has 2 aliphatic rings. The van der Waals surface area contributed by atoms with Crippen LogP contribution in [0, 0.1) is 41.5 Å². The minimum Gasteiger partial charge on any atom is -0.147 e. The third-order valence-electron chi connectivity index (χ3n) is 12.6. The zero-order valence-electron chi connectivity index (χ0n) is 33.8. The van der Waals surface area contributed by atoms with Crippen LogP contribution in [0.4, 0.5) is 0 Å². The molecule has 6 aromatic rings. The Morgan fingerprint density at radius 3 is 1.29 bits per heavy atom. The van der Waals surface area contributed by atoms with Crippen LogP contribution in [0.2, 0.25) is 9.26 Å². The maximum absolute atomic E-state index is 6.61. The summed E-state index contributed by atoms with van der Waals surface area (Å²) < 4.78 is 18.9. The molecule has 4 aromatic carbocycles. The van der Waals surface area contributed by atoms with Crippen molar-refractivity contribution in [2.24, 2.45) is 11.5 Å². The predicted octanol–water partition coefficient (Wildman–Crippen LogP) is 12.0. The quantitative estimate of drug-likeness (QED) is 0.149. The van der Waals surface area contributed by atoms with E-state index in [1.54, 1.807) is 0 Å². The average Bonchev–Trinajstić information content (AvgIpc) is 3.94. The fraction of sp³-hybridized carbons (Fsp3) is 0.250. The van der Waals surface area contributed by atoms with Crippen LogP contribution in [0.3, 0.4) is 0 Å². The van der Waals surface area contributed by atoms with Crippen LogP contribution in [0.5, 0.6) is 0 Å². The van der Waals surface area contributed by atoms with E-state index in [0.717, 1.165) is 34.2 Å². The van der Waals surface area contributed by atoms with E-state index in [2.05, 4.69) is 155 Å². The van der Waals surface area contributed by atoms with Crippen LogP contribution in [0.1, 0.15) is 85.9 Å². The average molecular weight is 881 g/mol. The number of fused-ring (bicyclic) bond motifs is 2.